The first kappa shape index (κ1) is 100. The van der Waals surface area contributed by atoms with E-state index >= 15 is 0 Å². The summed E-state index contributed by atoms with van der Waals surface area (Å²) >= 11 is 0. The molecule has 4 rings (SSSR count). The van der Waals surface area contributed by atoms with Crippen LogP contribution in [0.5, 0.6) is 0 Å². The average Bonchev–Trinajstić information content (AvgIpc) is 3.49. The molecule has 546 valence electrons. The van der Waals surface area contributed by atoms with Crippen LogP contribution in [0.3, 0.4) is 0 Å². The zero-order valence-corrected chi connectivity index (χ0v) is 72.7. The van der Waals surface area contributed by atoms with Crippen molar-refractivity contribution in [3.8, 4) is 0 Å². The minimum atomic E-state index is 0.375. The van der Waals surface area contributed by atoms with E-state index in [4.69, 9.17) is 0 Å². The molecule has 4 aliphatic rings. The lowest BCUT2D eigenvalue weighted by Crippen LogP contribution is -2.41. The topological polar surface area (TPSA) is 0 Å². The van der Waals surface area contributed by atoms with Gasteiger partial charge in [-0.2, -0.15) is 0 Å². The van der Waals surface area contributed by atoms with Gasteiger partial charge in [-0.1, -0.05) is 435 Å². The monoisotopic (exact) mass is 1260 g/mol. The Hall–Kier alpha value is 0. The van der Waals surface area contributed by atoms with Crippen LogP contribution in [0.25, 0.3) is 0 Å². The third-order valence-electron chi connectivity index (χ3n) is 26.7. The van der Waals surface area contributed by atoms with Crippen LogP contribution in [-0.4, -0.2) is 0 Å². The summed E-state index contributed by atoms with van der Waals surface area (Å²) in [5.74, 6) is 11.9. The standard InChI is InChI=1S/C11H24.2C10H22.2C9H20.4C8H16.C8H18/c1-9(2,3)11(7,8)10(4,5)6;1-8(9(2,3)4)10(5,6)7;1-8(2)10(6,7)9(3,4)5;1-7(2)8(3)9(4,5)6;1-7(2)9(5,6)8(3)4;1-7-3-5-8(2)6-4-7;1-7-4-3-5-8(2)6-7;1-7-5-3-4-6-8(7)2;1-2-8-6-4-3-5-7-8;1-7(2,3)8(4,5)6/h1-8H3;2*8H,1-7H3;2*7-8H,1-6H3;3*7-8H,3-6H2,1-2H3;8H,2-7H2,1H3;1-6H3/t;;;8-;;;2*7-,8?;;/m...1..11../s1. The van der Waals surface area contributed by atoms with Gasteiger partial charge in [0.2, 0.25) is 0 Å². The average molecular weight is 1260 g/mol. The van der Waals surface area contributed by atoms with E-state index in [0.29, 0.717) is 59.6 Å². The Morgan fingerprint density at radius 3 is 0.685 bits per heavy atom. The van der Waals surface area contributed by atoms with Crippen LogP contribution in [-0.2, 0) is 0 Å². The summed E-state index contributed by atoms with van der Waals surface area (Å²) in [7, 11) is 0. The minimum Gasteiger partial charge on any atom is -0.0651 e. The maximum Gasteiger partial charge on any atom is -0.0257 e. The van der Waals surface area contributed by atoms with Gasteiger partial charge >= 0.3 is 0 Å². The van der Waals surface area contributed by atoms with Crippen LogP contribution in [0.4, 0.5) is 0 Å². The Balaban J connectivity index is -0.000000215. The molecule has 0 heteroatoms. The summed E-state index contributed by atoms with van der Waals surface area (Å²) in [4.78, 5) is 0. The molecule has 89 heavy (non-hydrogen) atoms. The minimum absolute atomic E-state index is 0.375. The second-order valence-electron chi connectivity index (χ2n) is 42.6. The lowest BCUT2D eigenvalue weighted by Gasteiger charge is -2.49. The van der Waals surface area contributed by atoms with Crippen molar-refractivity contribution in [3.05, 3.63) is 0 Å². The van der Waals surface area contributed by atoms with E-state index in [1.165, 1.54) is 116 Å². The highest BCUT2D eigenvalue weighted by Gasteiger charge is 2.42. The number of hydrogen-bond acceptors (Lipinski definition) is 0. The Labute approximate surface area is 574 Å². The van der Waals surface area contributed by atoms with E-state index in [9.17, 15) is 0 Å². The molecule has 0 radical (unpaired) electrons. The number of hydrogen-bond donors (Lipinski definition) is 0. The normalized spacial score (nSPS) is 22.2. The Kier molecular flexibility index (Phi) is 49.5. The molecule has 0 aromatic heterocycles. The maximum absolute atomic E-state index is 2.38. The fraction of sp³-hybridized carbons (Fsp3) is 1.00. The van der Waals surface area contributed by atoms with Crippen molar-refractivity contribution in [2.45, 2.75) is 441 Å². The van der Waals surface area contributed by atoms with Crippen molar-refractivity contribution in [1.82, 2.24) is 0 Å². The van der Waals surface area contributed by atoms with Gasteiger partial charge in [-0.15, -0.1) is 0 Å². The van der Waals surface area contributed by atoms with Crippen molar-refractivity contribution in [3.63, 3.8) is 0 Å². The lowest BCUT2D eigenvalue weighted by atomic mass is 9.56. The van der Waals surface area contributed by atoms with Crippen molar-refractivity contribution < 1.29 is 0 Å². The molecule has 0 N–H and O–H groups in total. The van der Waals surface area contributed by atoms with Gasteiger partial charge in [-0.05, 0) is 143 Å². The Morgan fingerprint density at radius 1 is 0.292 bits per heavy atom. The summed E-state index contributed by atoms with van der Waals surface area (Å²) in [5.41, 5.74) is 4.73. The second kappa shape index (κ2) is 44.0. The molecule has 2 unspecified atom stereocenters. The van der Waals surface area contributed by atoms with Gasteiger partial charge in [0, 0.05) is 0 Å². The van der Waals surface area contributed by atoms with Gasteiger partial charge in [0.1, 0.15) is 0 Å². The van der Waals surface area contributed by atoms with Crippen LogP contribution >= 0.6 is 0 Å². The molecular weight excluding hydrogens is 1070 g/mol. The van der Waals surface area contributed by atoms with Crippen LogP contribution in [0.15, 0.2) is 0 Å². The molecule has 0 aromatic carbocycles. The first-order valence-corrected chi connectivity index (χ1v) is 39.2. The van der Waals surface area contributed by atoms with Crippen molar-refractivity contribution in [2.75, 3.05) is 0 Å². The van der Waals surface area contributed by atoms with Gasteiger partial charge in [0.05, 0.1) is 0 Å². The fourth-order valence-electron chi connectivity index (χ4n) is 11.2. The predicted octanol–water partition coefficient (Wildman–Crippen LogP) is 32.7. The van der Waals surface area contributed by atoms with E-state index in [2.05, 4.69) is 325 Å². The van der Waals surface area contributed by atoms with E-state index in [0.717, 1.165) is 76.9 Å². The maximum atomic E-state index is 2.38. The van der Waals surface area contributed by atoms with E-state index < -0.39 is 0 Å². The molecule has 0 aromatic rings. The zero-order chi connectivity index (χ0) is 72.7. The highest BCUT2D eigenvalue weighted by molar-refractivity contribution is 4.92. The number of rotatable bonds is 5. The van der Waals surface area contributed by atoms with E-state index in [1.807, 2.05) is 0 Å². The largest absolute Gasteiger partial charge is 0.0651 e. The molecule has 5 atom stereocenters. The molecule has 4 fully saturated rings. The van der Waals surface area contributed by atoms with Crippen molar-refractivity contribution in [2.24, 2.45) is 136 Å². The fourth-order valence-corrected chi connectivity index (χ4v) is 11.2. The highest BCUT2D eigenvalue weighted by atomic mass is 14.5. The first-order chi connectivity index (χ1) is 39.2. The van der Waals surface area contributed by atoms with Gasteiger partial charge < -0.3 is 0 Å². The van der Waals surface area contributed by atoms with Crippen LogP contribution in [0.1, 0.15) is 441 Å². The first-order valence-electron chi connectivity index (χ1n) is 39.2. The summed E-state index contributed by atoms with van der Waals surface area (Å²) in [5, 5.41) is 0. The van der Waals surface area contributed by atoms with Crippen molar-refractivity contribution in [1.29, 1.82) is 0 Å². The molecule has 0 amide bonds. The van der Waals surface area contributed by atoms with Crippen LogP contribution in [0, 0.1) is 136 Å². The summed E-state index contributed by atoms with van der Waals surface area (Å²) < 4.78 is 0. The van der Waals surface area contributed by atoms with Gasteiger partial charge in [0.15, 0.2) is 0 Å². The van der Waals surface area contributed by atoms with Crippen LogP contribution in [0.2, 0.25) is 0 Å². The molecule has 0 heterocycles. The third kappa shape index (κ3) is 47.5. The van der Waals surface area contributed by atoms with Crippen molar-refractivity contribution >= 4 is 0 Å². The lowest BCUT2D eigenvalue weighted by molar-refractivity contribution is 0.00575. The van der Waals surface area contributed by atoms with Gasteiger partial charge in [-0.3, -0.25) is 0 Å². The third-order valence-corrected chi connectivity index (χ3v) is 26.7. The molecule has 0 saturated heterocycles. The Bertz CT molecular complexity index is 1510. The van der Waals surface area contributed by atoms with Gasteiger partial charge in [0.25, 0.3) is 0 Å². The smallest absolute Gasteiger partial charge is 0.0257 e. The summed E-state index contributed by atoms with van der Waals surface area (Å²) in [6.45, 7) is 109. The van der Waals surface area contributed by atoms with E-state index in [1.54, 1.807) is 0 Å². The van der Waals surface area contributed by atoms with E-state index in [-0.39, 0.29) is 0 Å². The predicted molar refractivity (Wildman–Crippen MR) is 422 cm³/mol. The molecule has 4 aliphatic carbocycles. The van der Waals surface area contributed by atoms with Crippen LogP contribution < -0.4 is 0 Å². The second-order valence-corrected chi connectivity index (χ2v) is 42.6. The SMILES string of the molecule is CC(C(C)(C)C)C(C)(C)C.CC(C)(C)C(C)(C)C.CC(C)(C)C(C)(C)C(C)(C)C.CC(C)C(C)(C)C(C)(C)C.CC(C)C(C)(C)C(C)C.CC(C)[C@@H](C)C(C)(C)C.CC1CCC(C)CC1.CC1CCCC[C@H]1C.CC1CCC[C@@H](C)C1.CCC1CCCCC1. The molecule has 0 bridgehead atoms. The molecule has 4 saturated carbocycles. The molecular formula is C89H190. The zero-order valence-electron chi connectivity index (χ0n) is 72.7. The molecule has 0 aliphatic heterocycles. The molecule has 0 nitrogen and oxygen atoms in total. The summed E-state index contributed by atoms with van der Waals surface area (Å²) in [6.07, 6.45) is 26.6. The highest BCUT2D eigenvalue weighted by Crippen LogP contribution is 2.51. The quantitative estimate of drug-likeness (QED) is 0.257. The van der Waals surface area contributed by atoms with Gasteiger partial charge in [-0.25, -0.2) is 0 Å². The molecule has 0 spiro atoms. The summed E-state index contributed by atoms with van der Waals surface area (Å²) in [6, 6.07) is 0. The Morgan fingerprint density at radius 2 is 0.584 bits per heavy atom.